The van der Waals surface area contributed by atoms with Crippen molar-refractivity contribution in [3.05, 3.63) is 45.2 Å². The van der Waals surface area contributed by atoms with E-state index in [2.05, 4.69) is 46.7 Å². The number of nitrogens with one attached hydrogen (secondary N) is 2. The molecule has 1 aliphatic rings. The molecule has 0 saturated carbocycles. The minimum Gasteiger partial charge on any atom is -0.409 e. The van der Waals surface area contributed by atoms with Gasteiger partial charge in [-0.05, 0) is 34.8 Å². The van der Waals surface area contributed by atoms with E-state index in [4.69, 9.17) is 10.8 Å². The first-order valence-electron chi connectivity index (χ1n) is 7.79. The van der Waals surface area contributed by atoms with Crippen molar-refractivity contribution < 1.29 is 19.7 Å². The number of hydrogen-bond acceptors (Lipinski definition) is 8. The molecule has 1 unspecified atom stereocenters. The predicted octanol–water partition coefficient (Wildman–Crippen LogP) is -0.0368. The Labute approximate surface area is 156 Å². The number of aliphatic hydroxyl groups excluding tert-OH is 1. The first kappa shape index (κ1) is 18.3. The van der Waals surface area contributed by atoms with Crippen molar-refractivity contribution in [3.63, 3.8) is 0 Å². The Hall–Kier alpha value is -2.50. The molecule has 0 saturated heterocycles. The second-order valence-corrected chi connectivity index (χ2v) is 6.60. The molecule has 2 atom stereocenters. The van der Waals surface area contributed by atoms with Crippen LogP contribution < -0.4 is 16.4 Å². The molecule has 3 rings (SSSR count). The van der Waals surface area contributed by atoms with Gasteiger partial charge in [-0.15, -0.1) is 0 Å². The SMILES string of the molecule is NC(C(=O)NCCO)c1nonc1/C(=N\O)N[C@H]1Cc2ccc(Br)cc21. The minimum absolute atomic E-state index is 0.00211. The number of aromatic nitrogens is 2. The lowest BCUT2D eigenvalue weighted by molar-refractivity contribution is -0.122. The van der Waals surface area contributed by atoms with E-state index in [9.17, 15) is 10.0 Å². The number of amidine groups is 1. The Balaban J connectivity index is 1.76. The van der Waals surface area contributed by atoms with Crippen LogP contribution in [0.5, 0.6) is 0 Å². The Morgan fingerprint density at radius 1 is 1.50 bits per heavy atom. The van der Waals surface area contributed by atoms with Crippen LogP contribution in [0.4, 0.5) is 0 Å². The Morgan fingerprint density at radius 2 is 2.31 bits per heavy atom. The van der Waals surface area contributed by atoms with E-state index in [1.54, 1.807) is 0 Å². The van der Waals surface area contributed by atoms with E-state index in [1.165, 1.54) is 5.56 Å². The molecule has 6 N–H and O–H groups in total. The van der Waals surface area contributed by atoms with Crippen LogP contribution in [-0.2, 0) is 11.2 Å². The summed E-state index contributed by atoms with van der Waals surface area (Å²) in [7, 11) is 0. The van der Waals surface area contributed by atoms with Crippen LogP contribution in [0.15, 0.2) is 32.5 Å². The molecule has 0 fully saturated rings. The van der Waals surface area contributed by atoms with Crippen molar-refractivity contribution in [1.29, 1.82) is 0 Å². The third kappa shape index (κ3) is 3.54. The van der Waals surface area contributed by atoms with Crippen molar-refractivity contribution in [1.82, 2.24) is 20.9 Å². The summed E-state index contributed by atoms with van der Waals surface area (Å²) in [5.74, 6) is -0.562. The summed E-state index contributed by atoms with van der Waals surface area (Å²) in [5, 5.41) is 34.2. The molecule has 1 aliphatic carbocycles. The molecule has 1 aromatic heterocycles. The van der Waals surface area contributed by atoms with Crippen LogP contribution in [0.2, 0.25) is 0 Å². The van der Waals surface area contributed by atoms with Crippen molar-refractivity contribution in [3.8, 4) is 0 Å². The highest BCUT2D eigenvalue weighted by molar-refractivity contribution is 9.10. The first-order chi connectivity index (χ1) is 12.5. The number of benzene rings is 1. The number of halogens is 1. The van der Waals surface area contributed by atoms with Gasteiger partial charge in [0.25, 0.3) is 0 Å². The summed E-state index contributed by atoms with van der Waals surface area (Å²) in [5.41, 5.74) is 8.17. The summed E-state index contributed by atoms with van der Waals surface area (Å²) < 4.78 is 5.62. The molecule has 2 aromatic rings. The fourth-order valence-electron chi connectivity index (χ4n) is 2.69. The number of fused-ring (bicyclic) bond motifs is 1. The topological polar surface area (TPSA) is 159 Å². The lowest BCUT2D eigenvalue weighted by Gasteiger charge is -2.31. The van der Waals surface area contributed by atoms with Crippen LogP contribution in [0.1, 0.15) is 34.6 Å². The highest BCUT2D eigenvalue weighted by Gasteiger charge is 2.32. The Morgan fingerprint density at radius 3 is 3.04 bits per heavy atom. The van der Waals surface area contributed by atoms with Crippen LogP contribution in [0.25, 0.3) is 0 Å². The number of rotatable bonds is 6. The molecule has 1 aromatic carbocycles. The quantitative estimate of drug-likeness (QED) is 0.187. The van der Waals surface area contributed by atoms with E-state index in [0.29, 0.717) is 0 Å². The van der Waals surface area contributed by atoms with E-state index in [0.717, 1.165) is 16.5 Å². The Kier molecular flexibility index (Phi) is 5.49. The number of carbonyl (C=O) groups excluding carboxylic acids is 1. The molecule has 26 heavy (non-hydrogen) atoms. The average molecular weight is 425 g/mol. The predicted molar refractivity (Wildman–Crippen MR) is 93.4 cm³/mol. The van der Waals surface area contributed by atoms with Crippen LogP contribution >= 0.6 is 15.9 Å². The fourth-order valence-corrected chi connectivity index (χ4v) is 3.07. The maximum atomic E-state index is 12.0. The van der Waals surface area contributed by atoms with Crippen LogP contribution in [-0.4, -0.2) is 45.5 Å². The number of amides is 1. The number of aliphatic hydroxyl groups is 1. The highest BCUT2D eigenvalue weighted by Crippen LogP contribution is 2.35. The molecular formula is C15H17BrN6O4. The summed E-state index contributed by atoms with van der Waals surface area (Å²) in [6.07, 6.45) is 0.741. The summed E-state index contributed by atoms with van der Waals surface area (Å²) in [6.45, 7) is -0.163. The van der Waals surface area contributed by atoms with Gasteiger partial charge in [-0.3, -0.25) is 4.79 Å². The molecule has 1 heterocycles. The third-order valence-electron chi connectivity index (χ3n) is 4.04. The molecular weight excluding hydrogens is 408 g/mol. The van der Waals surface area contributed by atoms with Gasteiger partial charge >= 0.3 is 0 Å². The molecule has 10 nitrogen and oxygen atoms in total. The van der Waals surface area contributed by atoms with E-state index in [-0.39, 0.29) is 36.4 Å². The van der Waals surface area contributed by atoms with Gasteiger partial charge in [-0.2, -0.15) is 0 Å². The minimum atomic E-state index is -1.19. The van der Waals surface area contributed by atoms with Crippen molar-refractivity contribution in [2.24, 2.45) is 10.9 Å². The van der Waals surface area contributed by atoms with Gasteiger partial charge < -0.3 is 26.7 Å². The molecule has 11 heteroatoms. The molecule has 1 amide bonds. The lowest BCUT2D eigenvalue weighted by Crippen LogP contribution is -2.39. The van der Waals surface area contributed by atoms with Crippen molar-refractivity contribution in [2.75, 3.05) is 13.2 Å². The van der Waals surface area contributed by atoms with Gasteiger partial charge in [0.05, 0.1) is 12.6 Å². The summed E-state index contributed by atoms with van der Waals surface area (Å²) in [4.78, 5) is 12.0. The monoisotopic (exact) mass is 424 g/mol. The summed E-state index contributed by atoms with van der Waals surface area (Å²) in [6, 6.07) is 4.67. The van der Waals surface area contributed by atoms with Crippen LogP contribution in [0.3, 0.4) is 0 Å². The normalized spacial score (nSPS) is 17.2. The van der Waals surface area contributed by atoms with E-state index < -0.39 is 11.9 Å². The molecule has 0 bridgehead atoms. The number of nitrogens with zero attached hydrogens (tertiary/aromatic N) is 3. The maximum absolute atomic E-state index is 12.0. The van der Waals surface area contributed by atoms with Gasteiger partial charge in [0.15, 0.2) is 11.5 Å². The molecule has 138 valence electrons. The number of oxime groups is 1. The fraction of sp³-hybridized carbons (Fsp3) is 0.333. The highest BCUT2D eigenvalue weighted by atomic mass is 79.9. The van der Waals surface area contributed by atoms with E-state index in [1.807, 2.05) is 18.2 Å². The smallest absolute Gasteiger partial charge is 0.243 e. The lowest BCUT2D eigenvalue weighted by atomic mass is 9.83. The molecule has 0 radical (unpaired) electrons. The number of nitrogens with two attached hydrogens (primary N) is 1. The Bertz CT molecular complexity index is 839. The summed E-state index contributed by atoms with van der Waals surface area (Å²) >= 11 is 3.42. The average Bonchev–Trinajstić information content (AvgIpc) is 3.11. The zero-order valence-electron chi connectivity index (χ0n) is 13.5. The van der Waals surface area contributed by atoms with E-state index >= 15 is 0 Å². The zero-order chi connectivity index (χ0) is 18.7. The second kappa shape index (κ2) is 7.81. The second-order valence-electron chi connectivity index (χ2n) is 5.68. The van der Waals surface area contributed by atoms with Crippen molar-refractivity contribution >= 4 is 27.7 Å². The van der Waals surface area contributed by atoms with Gasteiger partial charge in [0.1, 0.15) is 11.7 Å². The maximum Gasteiger partial charge on any atom is 0.243 e. The molecule has 0 spiro atoms. The largest absolute Gasteiger partial charge is 0.409 e. The number of hydrogen-bond donors (Lipinski definition) is 5. The van der Waals surface area contributed by atoms with Crippen LogP contribution in [0, 0.1) is 0 Å². The standard InChI is InChI=1S/C15H17BrN6O4/c16-8-2-1-7-5-10(9(7)6-8)19-14(20-25)13-12(21-26-22-13)11(17)15(24)18-3-4-23/h1-2,6,10-11,23,25H,3-5,17H2,(H,18,24)(H,19,20)/t10-,11?/m0/s1. The third-order valence-corrected chi connectivity index (χ3v) is 4.54. The van der Waals surface area contributed by atoms with Gasteiger partial charge in [-0.1, -0.05) is 32.3 Å². The van der Waals surface area contributed by atoms with Gasteiger partial charge in [0.2, 0.25) is 5.91 Å². The van der Waals surface area contributed by atoms with Gasteiger partial charge in [0, 0.05) is 11.0 Å². The van der Waals surface area contributed by atoms with Gasteiger partial charge in [-0.25, -0.2) is 4.63 Å². The number of carbonyl (C=O) groups is 1. The van der Waals surface area contributed by atoms with Crippen molar-refractivity contribution in [2.45, 2.75) is 18.5 Å². The zero-order valence-corrected chi connectivity index (χ0v) is 15.1. The molecule has 0 aliphatic heterocycles. The first-order valence-corrected chi connectivity index (χ1v) is 8.58.